The van der Waals surface area contributed by atoms with Crippen LogP contribution in [0.1, 0.15) is 46.2 Å². The number of hydrogen-bond donors (Lipinski definition) is 1. The molecule has 1 aliphatic rings. The highest BCUT2D eigenvalue weighted by molar-refractivity contribution is 6.10. The quantitative estimate of drug-likeness (QED) is 0.437. The zero-order chi connectivity index (χ0) is 24.4. The first-order chi connectivity index (χ1) is 16.1. The number of nitrogen functional groups attached to an aromatic ring is 1. The zero-order valence-electron chi connectivity index (χ0n) is 18.3. The fourth-order valence-electron chi connectivity index (χ4n) is 4.67. The van der Waals surface area contributed by atoms with E-state index in [-0.39, 0.29) is 16.9 Å². The number of hydrogen-bond acceptors (Lipinski definition) is 5. The van der Waals surface area contributed by atoms with Gasteiger partial charge in [0.1, 0.15) is 17.3 Å². The molecule has 0 spiro atoms. The first-order valence-corrected chi connectivity index (χ1v) is 10.6. The Hall–Kier alpha value is -3.76. The summed E-state index contributed by atoms with van der Waals surface area (Å²) in [5.41, 5.74) is 6.59. The maximum atomic E-state index is 15.0. The smallest absolute Gasteiger partial charge is 0.383 e. The van der Waals surface area contributed by atoms with Crippen LogP contribution in [0.15, 0.2) is 30.5 Å². The lowest BCUT2D eigenvalue weighted by Gasteiger charge is -2.33. The monoisotopic (exact) mass is 472 g/mol. The summed E-state index contributed by atoms with van der Waals surface area (Å²) < 4.78 is 55.9. The van der Waals surface area contributed by atoms with Crippen LogP contribution < -0.4 is 5.73 Å². The molecule has 3 heterocycles. The second-order valence-corrected chi connectivity index (χ2v) is 8.43. The lowest BCUT2D eigenvalue weighted by Crippen LogP contribution is -2.34. The van der Waals surface area contributed by atoms with Crippen LogP contribution in [-0.4, -0.2) is 37.6 Å². The number of fused-ring (bicyclic) bond motifs is 4. The first-order valence-electron chi connectivity index (χ1n) is 10.6. The van der Waals surface area contributed by atoms with E-state index in [0.29, 0.717) is 46.8 Å². The van der Waals surface area contributed by atoms with E-state index >= 15 is 4.39 Å². The second kappa shape index (κ2) is 7.64. The van der Waals surface area contributed by atoms with Gasteiger partial charge in [0.25, 0.3) is 5.91 Å². The van der Waals surface area contributed by atoms with Gasteiger partial charge in [0, 0.05) is 31.2 Å². The topological polar surface area (TPSA) is 89.9 Å². The molecule has 5 rings (SSSR count). The van der Waals surface area contributed by atoms with Crippen molar-refractivity contribution in [3.05, 3.63) is 58.8 Å². The Kier molecular flexibility index (Phi) is 4.96. The predicted molar refractivity (Wildman–Crippen MR) is 117 cm³/mol. The molecule has 1 aromatic carbocycles. The molecule has 4 aromatic rings. The van der Waals surface area contributed by atoms with Gasteiger partial charge in [-0.15, -0.1) is 0 Å². The summed E-state index contributed by atoms with van der Waals surface area (Å²) in [5, 5.41) is 5.28. The largest absolute Gasteiger partial charge is 0.433 e. The molecule has 0 saturated carbocycles. The highest BCUT2D eigenvalue weighted by atomic mass is 19.4. The van der Waals surface area contributed by atoms with Crippen molar-refractivity contribution in [3.8, 4) is 0 Å². The van der Waals surface area contributed by atoms with Gasteiger partial charge in [0.2, 0.25) is 0 Å². The molecule has 1 aliphatic carbocycles. The molecule has 3 aromatic heterocycles. The molecule has 0 bridgehead atoms. The lowest BCUT2D eigenvalue weighted by atomic mass is 9.89. The predicted octanol–water partition coefficient (Wildman–Crippen LogP) is 4.41. The Morgan fingerprint density at radius 1 is 1.21 bits per heavy atom. The van der Waals surface area contributed by atoms with Gasteiger partial charge in [0.05, 0.1) is 34.2 Å². The van der Waals surface area contributed by atoms with Crippen molar-refractivity contribution in [2.45, 2.75) is 31.5 Å². The van der Waals surface area contributed by atoms with Gasteiger partial charge in [0.15, 0.2) is 0 Å². The average Bonchev–Trinajstić information content (AvgIpc) is 3.19. The second-order valence-electron chi connectivity index (χ2n) is 8.43. The van der Waals surface area contributed by atoms with Gasteiger partial charge >= 0.3 is 6.18 Å². The summed E-state index contributed by atoms with van der Waals surface area (Å²) in [6, 6.07) is 4.34. The minimum absolute atomic E-state index is 0.170. The third-order valence-electron chi connectivity index (χ3n) is 6.36. The zero-order valence-corrected chi connectivity index (χ0v) is 18.3. The molecule has 1 amide bonds. The van der Waals surface area contributed by atoms with E-state index < -0.39 is 29.6 Å². The van der Waals surface area contributed by atoms with E-state index in [1.54, 1.807) is 17.9 Å². The van der Waals surface area contributed by atoms with Gasteiger partial charge in [-0.2, -0.15) is 18.3 Å². The molecule has 0 fully saturated rings. The number of amides is 1. The van der Waals surface area contributed by atoms with Gasteiger partial charge in [-0.25, -0.2) is 14.4 Å². The highest BCUT2D eigenvalue weighted by Crippen LogP contribution is 2.37. The Morgan fingerprint density at radius 3 is 2.71 bits per heavy atom. The van der Waals surface area contributed by atoms with Crippen LogP contribution in [0.5, 0.6) is 0 Å². The number of carbonyl (C=O) groups is 1. The lowest BCUT2D eigenvalue weighted by molar-refractivity contribution is -0.141. The summed E-state index contributed by atoms with van der Waals surface area (Å²) >= 11 is 0. The van der Waals surface area contributed by atoms with Crippen molar-refractivity contribution in [1.82, 2.24) is 24.6 Å². The van der Waals surface area contributed by atoms with Crippen LogP contribution in [0.3, 0.4) is 0 Å². The van der Waals surface area contributed by atoms with Crippen LogP contribution in [0.2, 0.25) is 0 Å². The summed E-state index contributed by atoms with van der Waals surface area (Å²) in [6.45, 7) is 0. The Labute approximate surface area is 191 Å². The van der Waals surface area contributed by atoms with Gasteiger partial charge in [-0.3, -0.25) is 9.48 Å². The number of rotatable bonds is 2. The number of nitrogens with zero attached hydrogens (tertiary/aromatic N) is 5. The van der Waals surface area contributed by atoms with Crippen molar-refractivity contribution >= 4 is 33.5 Å². The number of aryl methyl sites for hydroxylation is 2. The number of alkyl halides is 3. The molecule has 34 heavy (non-hydrogen) atoms. The van der Waals surface area contributed by atoms with Gasteiger partial charge in [-0.1, -0.05) is 6.07 Å². The molecule has 7 nitrogen and oxygen atoms in total. The fraction of sp³-hybridized carbons (Fsp3) is 0.304. The summed E-state index contributed by atoms with van der Waals surface area (Å²) in [5.74, 6) is -1.15. The number of aromatic nitrogens is 4. The normalized spacial score (nSPS) is 16.1. The number of carbonyl (C=O) groups excluding carboxylic acids is 1. The Bertz CT molecular complexity index is 1460. The molecule has 1 atom stereocenters. The van der Waals surface area contributed by atoms with E-state index in [1.165, 1.54) is 24.1 Å². The standard InChI is InChI=1S/C23H20F4N6O/c1-32(18-5-3-4-16-11(18)6-7-19(30-16)23(25,26)27)22(34)12-8-13-17(9-15(12)24)31-21(28)14-10-29-33(2)20(13)14/h6-10,18H,3-5H2,1-2H3,(H2,28,31)/t18-/m1/s1. The summed E-state index contributed by atoms with van der Waals surface area (Å²) in [6.07, 6.45) is -1.53. The average molecular weight is 472 g/mol. The summed E-state index contributed by atoms with van der Waals surface area (Å²) in [4.78, 5) is 22.8. The van der Waals surface area contributed by atoms with E-state index in [4.69, 9.17) is 5.73 Å². The maximum absolute atomic E-state index is 15.0. The molecule has 0 saturated heterocycles. The highest BCUT2D eigenvalue weighted by Gasteiger charge is 2.35. The number of nitrogens with two attached hydrogens (primary N) is 1. The van der Waals surface area contributed by atoms with Crippen molar-refractivity contribution < 1.29 is 22.4 Å². The van der Waals surface area contributed by atoms with Crippen LogP contribution in [0.25, 0.3) is 21.8 Å². The first kappa shape index (κ1) is 22.1. The van der Waals surface area contributed by atoms with Crippen LogP contribution in [0, 0.1) is 5.82 Å². The van der Waals surface area contributed by atoms with Crippen molar-refractivity contribution in [2.24, 2.45) is 7.05 Å². The molecule has 0 radical (unpaired) electrons. The molecular weight excluding hydrogens is 452 g/mol. The van der Waals surface area contributed by atoms with Crippen LogP contribution in [0.4, 0.5) is 23.4 Å². The minimum Gasteiger partial charge on any atom is -0.383 e. The number of anilines is 1. The summed E-state index contributed by atoms with van der Waals surface area (Å²) in [7, 11) is 3.23. The maximum Gasteiger partial charge on any atom is 0.433 e. The van der Waals surface area contributed by atoms with Crippen LogP contribution in [-0.2, 0) is 19.6 Å². The molecular formula is C23H20F4N6O. The van der Waals surface area contributed by atoms with Crippen molar-refractivity contribution in [3.63, 3.8) is 0 Å². The van der Waals surface area contributed by atoms with E-state index in [0.717, 1.165) is 12.1 Å². The van der Waals surface area contributed by atoms with E-state index in [1.807, 2.05) is 0 Å². The Morgan fingerprint density at radius 2 is 1.97 bits per heavy atom. The van der Waals surface area contributed by atoms with E-state index in [2.05, 4.69) is 15.1 Å². The number of benzene rings is 1. The third kappa shape index (κ3) is 3.42. The minimum atomic E-state index is -4.55. The van der Waals surface area contributed by atoms with Gasteiger partial charge < -0.3 is 10.6 Å². The van der Waals surface area contributed by atoms with Crippen LogP contribution >= 0.6 is 0 Å². The van der Waals surface area contributed by atoms with E-state index in [9.17, 15) is 18.0 Å². The third-order valence-corrected chi connectivity index (χ3v) is 6.36. The molecule has 0 unspecified atom stereocenters. The number of pyridine rings is 2. The molecule has 176 valence electrons. The molecule has 0 aliphatic heterocycles. The van der Waals surface area contributed by atoms with Crippen molar-refractivity contribution in [2.75, 3.05) is 12.8 Å². The molecule has 11 heteroatoms. The number of halogens is 4. The Balaban J connectivity index is 1.56. The fourth-order valence-corrected chi connectivity index (χ4v) is 4.67. The SMILES string of the molecule is CN(C(=O)c1cc2c(cc1F)nc(N)c1cnn(C)c12)[C@@H]1CCCc2nc(C(F)(F)F)ccc21. The van der Waals surface area contributed by atoms with Crippen molar-refractivity contribution in [1.29, 1.82) is 0 Å². The molecule has 2 N–H and O–H groups in total. The van der Waals surface area contributed by atoms with Gasteiger partial charge in [-0.05, 0) is 37.0 Å².